The number of carboxylic acids is 1. The Bertz CT molecular complexity index is 444. The highest BCUT2D eigenvalue weighted by molar-refractivity contribution is 5.99. The molecule has 0 aromatic heterocycles. The van der Waals surface area contributed by atoms with E-state index in [0.29, 0.717) is 5.75 Å². The van der Waals surface area contributed by atoms with Gasteiger partial charge in [0, 0.05) is 0 Å². The van der Waals surface area contributed by atoms with Crippen molar-refractivity contribution in [3.8, 4) is 5.75 Å². The number of amides is 1. The third-order valence-corrected chi connectivity index (χ3v) is 2.39. The summed E-state index contributed by atoms with van der Waals surface area (Å²) >= 11 is 0. The van der Waals surface area contributed by atoms with E-state index in [1.165, 1.54) is 20.1 Å². The van der Waals surface area contributed by atoms with Crippen LogP contribution in [0, 0.1) is 0 Å². The van der Waals surface area contributed by atoms with Crippen LogP contribution >= 0.6 is 0 Å². The average molecular weight is 253 g/mol. The molecular formula is C12H15NO5. The molecule has 1 aromatic carbocycles. The monoisotopic (exact) mass is 253 g/mol. The van der Waals surface area contributed by atoms with Crippen LogP contribution in [0.4, 0.5) is 0 Å². The first-order valence-electron chi connectivity index (χ1n) is 5.32. The molecule has 0 aliphatic carbocycles. The zero-order chi connectivity index (χ0) is 13.7. The number of aliphatic hydroxyl groups is 1. The molecule has 0 unspecified atom stereocenters. The Morgan fingerprint density at radius 1 is 1.33 bits per heavy atom. The fraction of sp³-hybridized carbons (Fsp3) is 0.333. The maximum atomic E-state index is 11.9. The molecule has 98 valence electrons. The molecule has 0 aliphatic rings. The second kappa shape index (κ2) is 6.02. The van der Waals surface area contributed by atoms with Crippen molar-refractivity contribution in [2.24, 2.45) is 0 Å². The van der Waals surface area contributed by atoms with Crippen LogP contribution in [0.1, 0.15) is 17.3 Å². The minimum Gasteiger partial charge on any atom is -0.496 e. The predicted molar refractivity (Wildman–Crippen MR) is 63.6 cm³/mol. The minimum absolute atomic E-state index is 0.215. The van der Waals surface area contributed by atoms with Gasteiger partial charge in [-0.25, -0.2) is 4.79 Å². The van der Waals surface area contributed by atoms with Gasteiger partial charge in [-0.05, 0) is 19.1 Å². The number of rotatable bonds is 5. The van der Waals surface area contributed by atoms with Gasteiger partial charge >= 0.3 is 5.97 Å². The third-order valence-electron chi connectivity index (χ3n) is 2.39. The number of carbonyl (C=O) groups excluding carboxylic acids is 1. The SMILES string of the molecule is COc1ccccc1C(=O)N[C@H](C(=O)O)[C@@H](C)O. The van der Waals surface area contributed by atoms with Gasteiger partial charge in [0.15, 0.2) is 6.04 Å². The number of ether oxygens (including phenoxy) is 1. The molecule has 1 amide bonds. The first-order chi connectivity index (χ1) is 8.47. The Balaban J connectivity index is 2.90. The highest BCUT2D eigenvalue weighted by atomic mass is 16.5. The highest BCUT2D eigenvalue weighted by Gasteiger charge is 2.26. The minimum atomic E-state index is -1.36. The lowest BCUT2D eigenvalue weighted by atomic mass is 10.1. The van der Waals surface area contributed by atoms with Crippen molar-refractivity contribution < 1.29 is 24.5 Å². The first kappa shape index (κ1) is 14.0. The van der Waals surface area contributed by atoms with E-state index >= 15 is 0 Å². The molecule has 2 atom stereocenters. The summed E-state index contributed by atoms with van der Waals surface area (Å²) in [7, 11) is 1.41. The number of carbonyl (C=O) groups is 2. The highest BCUT2D eigenvalue weighted by Crippen LogP contribution is 2.17. The molecule has 0 saturated carbocycles. The Hall–Kier alpha value is -2.08. The molecule has 3 N–H and O–H groups in total. The zero-order valence-corrected chi connectivity index (χ0v) is 10.1. The summed E-state index contributed by atoms with van der Waals surface area (Å²) in [5, 5.41) is 20.4. The van der Waals surface area contributed by atoms with Gasteiger partial charge in [0.25, 0.3) is 5.91 Å². The zero-order valence-electron chi connectivity index (χ0n) is 10.1. The van der Waals surface area contributed by atoms with Crippen LogP contribution in [0.15, 0.2) is 24.3 Å². The first-order valence-corrected chi connectivity index (χ1v) is 5.32. The summed E-state index contributed by atoms with van der Waals surface area (Å²) < 4.78 is 5.00. The number of carboxylic acid groups (broad SMARTS) is 1. The molecule has 0 saturated heterocycles. The number of nitrogens with one attached hydrogen (secondary N) is 1. The van der Waals surface area contributed by atoms with Crippen molar-refractivity contribution in [2.75, 3.05) is 7.11 Å². The molecule has 0 spiro atoms. The van der Waals surface area contributed by atoms with Gasteiger partial charge in [0.1, 0.15) is 5.75 Å². The van der Waals surface area contributed by atoms with Crippen molar-refractivity contribution in [2.45, 2.75) is 19.1 Å². The third kappa shape index (κ3) is 3.21. The number of methoxy groups -OCH3 is 1. The van der Waals surface area contributed by atoms with Gasteiger partial charge in [0.05, 0.1) is 18.8 Å². The van der Waals surface area contributed by atoms with Gasteiger partial charge in [0.2, 0.25) is 0 Å². The van der Waals surface area contributed by atoms with E-state index in [-0.39, 0.29) is 5.56 Å². The topological polar surface area (TPSA) is 95.9 Å². The van der Waals surface area contributed by atoms with E-state index in [9.17, 15) is 14.7 Å². The van der Waals surface area contributed by atoms with Gasteiger partial charge in [-0.15, -0.1) is 0 Å². The lowest BCUT2D eigenvalue weighted by molar-refractivity contribution is -0.141. The summed E-state index contributed by atoms with van der Waals surface area (Å²) in [6.45, 7) is 1.29. The van der Waals surface area contributed by atoms with Crippen molar-refractivity contribution in [3.05, 3.63) is 29.8 Å². The van der Waals surface area contributed by atoms with Gasteiger partial charge < -0.3 is 20.3 Å². The molecule has 1 aromatic rings. The van der Waals surface area contributed by atoms with Crippen LogP contribution in [-0.4, -0.2) is 41.3 Å². The maximum absolute atomic E-state index is 11.9. The van der Waals surface area contributed by atoms with E-state index in [0.717, 1.165) is 0 Å². The quantitative estimate of drug-likeness (QED) is 0.699. The predicted octanol–water partition coefficient (Wildman–Crippen LogP) is 0.259. The van der Waals surface area contributed by atoms with E-state index in [1.54, 1.807) is 18.2 Å². The van der Waals surface area contributed by atoms with Crippen LogP contribution in [0.3, 0.4) is 0 Å². The molecular weight excluding hydrogens is 238 g/mol. The molecule has 0 bridgehead atoms. The Morgan fingerprint density at radius 3 is 2.44 bits per heavy atom. The lowest BCUT2D eigenvalue weighted by Gasteiger charge is -2.17. The van der Waals surface area contributed by atoms with E-state index < -0.39 is 24.0 Å². The van der Waals surface area contributed by atoms with E-state index in [1.807, 2.05) is 0 Å². The normalized spacial score (nSPS) is 13.5. The lowest BCUT2D eigenvalue weighted by Crippen LogP contribution is -2.47. The summed E-state index contributed by atoms with van der Waals surface area (Å²) in [5.74, 6) is -1.57. The van der Waals surface area contributed by atoms with Crippen LogP contribution < -0.4 is 10.1 Å². The average Bonchev–Trinajstić information content (AvgIpc) is 2.34. The van der Waals surface area contributed by atoms with Crippen LogP contribution in [0.5, 0.6) is 5.75 Å². The standard InChI is InChI=1S/C12H15NO5/c1-7(14)10(12(16)17)13-11(15)8-5-3-4-6-9(8)18-2/h3-7,10,14H,1-2H3,(H,13,15)(H,16,17)/t7-,10+/m1/s1. The Kier molecular flexibility index (Phi) is 4.67. The number of aliphatic hydroxyl groups excluding tert-OH is 1. The molecule has 0 fully saturated rings. The molecule has 18 heavy (non-hydrogen) atoms. The number of para-hydroxylation sites is 1. The molecule has 6 nitrogen and oxygen atoms in total. The van der Waals surface area contributed by atoms with Crippen molar-refractivity contribution in [1.29, 1.82) is 0 Å². The van der Waals surface area contributed by atoms with Gasteiger partial charge in [-0.1, -0.05) is 12.1 Å². The number of aliphatic carboxylic acids is 1. The molecule has 1 rings (SSSR count). The molecule has 6 heteroatoms. The summed E-state index contributed by atoms with van der Waals surface area (Å²) in [5.41, 5.74) is 0.215. The summed E-state index contributed by atoms with van der Waals surface area (Å²) in [6.07, 6.45) is -1.19. The Morgan fingerprint density at radius 2 is 1.94 bits per heavy atom. The fourth-order valence-corrected chi connectivity index (χ4v) is 1.44. The maximum Gasteiger partial charge on any atom is 0.328 e. The summed E-state index contributed by atoms with van der Waals surface area (Å²) in [6, 6.07) is 5.07. The van der Waals surface area contributed by atoms with Gasteiger partial charge in [-0.3, -0.25) is 4.79 Å². The van der Waals surface area contributed by atoms with Crippen molar-refractivity contribution in [3.63, 3.8) is 0 Å². The molecule has 0 aliphatic heterocycles. The largest absolute Gasteiger partial charge is 0.496 e. The van der Waals surface area contributed by atoms with Crippen molar-refractivity contribution >= 4 is 11.9 Å². The second-order valence-electron chi connectivity index (χ2n) is 3.73. The Labute approximate surface area is 104 Å². The summed E-state index contributed by atoms with van der Waals surface area (Å²) in [4.78, 5) is 22.7. The van der Waals surface area contributed by atoms with E-state index in [4.69, 9.17) is 9.84 Å². The van der Waals surface area contributed by atoms with Crippen molar-refractivity contribution in [1.82, 2.24) is 5.32 Å². The van der Waals surface area contributed by atoms with Gasteiger partial charge in [-0.2, -0.15) is 0 Å². The fourth-order valence-electron chi connectivity index (χ4n) is 1.44. The number of hydrogen-bond acceptors (Lipinski definition) is 4. The van der Waals surface area contributed by atoms with E-state index in [2.05, 4.69) is 5.32 Å². The van der Waals surface area contributed by atoms with Crippen LogP contribution in [0.25, 0.3) is 0 Å². The smallest absolute Gasteiger partial charge is 0.328 e. The number of benzene rings is 1. The molecule has 0 heterocycles. The van der Waals surface area contributed by atoms with Crippen LogP contribution in [-0.2, 0) is 4.79 Å². The molecule has 0 radical (unpaired) electrons. The van der Waals surface area contributed by atoms with Crippen LogP contribution in [0.2, 0.25) is 0 Å². The second-order valence-corrected chi connectivity index (χ2v) is 3.73. The number of hydrogen-bond donors (Lipinski definition) is 3.